The second-order valence-corrected chi connectivity index (χ2v) is 7.56. The molecule has 0 spiro atoms. The highest BCUT2D eigenvalue weighted by Crippen LogP contribution is 2.36. The van der Waals surface area contributed by atoms with Gasteiger partial charge < -0.3 is 0 Å². The van der Waals surface area contributed by atoms with E-state index < -0.39 is 0 Å². The van der Waals surface area contributed by atoms with Gasteiger partial charge in [-0.05, 0) is 53.6 Å². The van der Waals surface area contributed by atoms with Gasteiger partial charge in [-0.3, -0.25) is 0 Å². The van der Waals surface area contributed by atoms with E-state index >= 15 is 0 Å². The third-order valence-electron chi connectivity index (χ3n) is 5.02. The molecule has 0 aliphatic carbocycles. The fraction of sp³-hybridized carbons (Fsp3) is 0.231. The number of hydrogen-bond acceptors (Lipinski definition) is 0. The van der Waals surface area contributed by atoms with Crippen LogP contribution in [0.1, 0.15) is 54.9 Å². The van der Waals surface area contributed by atoms with Gasteiger partial charge >= 0.3 is 0 Å². The minimum atomic E-state index is 0.224. The van der Waals surface area contributed by atoms with E-state index in [2.05, 4.69) is 107 Å². The molecule has 3 aromatic rings. The van der Waals surface area contributed by atoms with Crippen LogP contribution < -0.4 is 0 Å². The summed E-state index contributed by atoms with van der Waals surface area (Å²) in [7, 11) is 0. The summed E-state index contributed by atoms with van der Waals surface area (Å²) in [6.45, 7) is 13.1. The molecular formula is C26H28. The van der Waals surface area contributed by atoms with Crippen molar-refractivity contribution in [3.05, 3.63) is 107 Å². The van der Waals surface area contributed by atoms with Crippen molar-refractivity contribution in [3.63, 3.8) is 0 Å². The predicted octanol–water partition coefficient (Wildman–Crippen LogP) is 7.49. The molecule has 0 heterocycles. The van der Waals surface area contributed by atoms with Gasteiger partial charge in [0.05, 0.1) is 0 Å². The molecule has 3 rings (SSSR count). The molecule has 0 aromatic heterocycles. The quantitative estimate of drug-likeness (QED) is 0.422. The van der Waals surface area contributed by atoms with Crippen LogP contribution >= 0.6 is 0 Å². The minimum absolute atomic E-state index is 0.224. The maximum absolute atomic E-state index is 4.28. The van der Waals surface area contributed by atoms with Crippen molar-refractivity contribution in [3.8, 4) is 11.1 Å². The van der Waals surface area contributed by atoms with Crippen LogP contribution in [0.3, 0.4) is 0 Å². The minimum Gasteiger partial charge on any atom is -0.0992 e. The summed E-state index contributed by atoms with van der Waals surface area (Å²) in [6.07, 6.45) is 0. The van der Waals surface area contributed by atoms with Crippen molar-refractivity contribution < 1.29 is 0 Å². The third-order valence-corrected chi connectivity index (χ3v) is 5.02. The molecule has 0 saturated heterocycles. The highest BCUT2D eigenvalue weighted by atomic mass is 14.2. The lowest BCUT2D eigenvalue weighted by atomic mass is 9.82. The topological polar surface area (TPSA) is 0 Å². The molecule has 0 aliphatic rings. The van der Waals surface area contributed by atoms with Gasteiger partial charge in [-0.2, -0.15) is 0 Å². The summed E-state index contributed by atoms with van der Waals surface area (Å²) < 4.78 is 0. The molecule has 0 aliphatic heterocycles. The first kappa shape index (κ1) is 18.2. The van der Waals surface area contributed by atoms with Crippen LogP contribution in [0, 0.1) is 6.92 Å². The number of rotatable bonds is 5. The van der Waals surface area contributed by atoms with Crippen LogP contribution in [0.2, 0.25) is 0 Å². The van der Waals surface area contributed by atoms with Gasteiger partial charge in [0.25, 0.3) is 0 Å². The van der Waals surface area contributed by atoms with Crippen LogP contribution in [-0.4, -0.2) is 0 Å². The van der Waals surface area contributed by atoms with Gasteiger partial charge in [0.2, 0.25) is 0 Å². The first-order valence-electron chi connectivity index (χ1n) is 9.38. The summed E-state index contributed by atoms with van der Waals surface area (Å²) >= 11 is 0. The standard InChI is InChI=1S/C26H28/c1-18(2)24-16-15-23(17-25(24)21-13-11-20(5)12-14-21)26(19(3)4)22-9-7-6-8-10-22/h6-18,26H,3H2,1-2,4-5H3. The molecule has 0 bridgehead atoms. The number of benzene rings is 3. The van der Waals surface area contributed by atoms with E-state index in [0.29, 0.717) is 5.92 Å². The molecule has 132 valence electrons. The van der Waals surface area contributed by atoms with E-state index in [9.17, 15) is 0 Å². The fourth-order valence-corrected chi connectivity index (χ4v) is 3.65. The molecular weight excluding hydrogens is 312 g/mol. The molecule has 3 aromatic carbocycles. The zero-order valence-corrected chi connectivity index (χ0v) is 16.3. The van der Waals surface area contributed by atoms with E-state index in [0.717, 1.165) is 0 Å². The van der Waals surface area contributed by atoms with Crippen LogP contribution in [0.4, 0.5) is 0 Å². The number of allylic oxidation sites excluding steroid dienone is 1. The Morgan fingerprint density at radius 3 is 2.04 bits per heavy atom. The Hall–Kier alpha value is -2.60. The monoisotopic (exact) mass is 340 g/mol. The maximum atomic E-state index is 4.28. The van der Waals surface area contributed by atoms with Crippen LogP contribution in [0.5, 0.6) is 0 Å². The van der Waals surface area contributed by atoms with Gasteiger partial charge in [0, 0.05) is 5.92 Å². The summed E-state index contributed by atoms with van der Waals surface area (Å²) in [4.78, 5) is 0. The lowest BCUT2D eigenvalue weighted by molar-refractivity contribution is 0.864. The van der Waals surface area contributed by atoms with Crippen molar-refractivity contribution in [2.75, 3.05) is 0 Å². The lowest BCUT2D eigenvalue weighted by Gasteiger charge is -2.22. The van der Waals surface area contributed by atoms with Gasteiger partial charge in [-0.1, -0.05) is 98.3 Å². The Morgan fingerprint density at radius 1 is 0.808 bits per heavy atom. The molecule has 0 heteroatoms. The lowest BCUT2D eigenvalue weighted by Crippen LogP contribution is -2.04. The molecule has 0 N–H and O–H groups in total. The molecule has 1 unspecified atom stereocenters. The van der Waals surface area contributed by atoms with Crippen LogP contribution in [-0.2, 0) is 0 Å². The van der Waals surface area contributed by atoms with Crippen molar-refractivity contribution in [1.82, 2.24) is 0 Å². The Bertz CT molecular complexity index is 883. The second kappa shape index (κ2) is 7.74. The molecule has 0 amide bonds. The van der Waals surface area contributed by atoms with E-state index in [1.807, 2.05) is 0 Å². The summed E-state index contributed by atoms with van der Waals surface area (Å²) in [5, 5.41) is 0. The largest absolute Gasteiger partial charge is 0.0992 e. The van der Waals surface area contributed by atoms with Crippen molar-refractivity contribution >= 4 is 0 Å². The first-order valence-corrected chi connectivity index (χ1v) is 9.38. The number of aryl methyl sites for hydroxylation is 1. The zero-order valence-electron chi connectivity index (χ0n) is 16.3. The van der Waals surface area contributed by atoms with E-state index in [4.69, 9.17) is 0 Å². The molecule has 0 nitrogen and oxygen atoms in total. The van der Waals surface area contributed by atoms with Crippen LogP contribution in [0.15, 0.2) is 84.9 Å². The van der Waals surface area contributed by atoms with E-state index in [1.54, 1.807) is 0 Å². The fourth-order valence-electron chi connectivity index (χ4n) is 3.65. The predicted molar refractivity (Wildman–Crippen MR) is 114 cm³/mol. The summed E-state index contributed by atoms with van der Waals surface area (Å²) in [5.74, 6) is 0.710. The molecule has 0 saturated carbocycles. The Balaban J connectivity index is 2.15. The van der Waals surface area contributed by atoms with Crippen molar-refractivity contribution in [1.29, 1.82) is 0 Å². The third kappa shape index (κ3) is 3.80. The Labute approximate surface area is 158 Å². The maximum Gasteiger partial charge on any atom is 0.0293 e. The highest BCUT2D eigenvalue weighted by molar-refractivity contribution is 5.70. The van der Waals surface area contributed by atoms with E-state index in [-0.39, 0.29) is 5.92 Å². The second-order valence-electron chi connectivity index (χ2n) is 7.56. The first-order chi connectivity index (χ1) is 12.5. The molecule has 0 fully saturated rings. The van der Waals surface area contributed by atoms with Gasteiger partial charge in [0.15, 0.2) is 0 Å². The highest BCUT2D eigenvalue weighted by Gasteiger charge is 2.18. The average molecular weight is 341 g/mol. The zero-order chi connectivity index (χ0) is 18.7. The Kier molecular flexibility index (Phi) is 5.42. The summed E-state index contributed by atoms with van der Waals surface area (Å²) in [5.41, 5.74) is 9.08. The smallest absolute Gasteiger partial charge is 0.0293 e. The van der Waals surface area contributed by atoms with Gasteiger partial charge in [0.1, 0.15) is 0 Å². The van der Waals surface area contributed by atoms with Gasteiger partial charge in [-0.25, -0.2) is 0 Å². The van der Waals surface area contributed by atoms with Crippen molar-refractivity contribution in [2.24, 2.45) is 0 Å². The summed E-state index contributed by atoms with van der Waals surface area (Å²) in [6, 6.07) is 26.5. The normalized spacial score (nSPS) is 12.2. The van der Waals surface area contributed by atoms with Crippen LogP contribution in [0.25, 0.3) is 11.1 Å². The average Bonchev–Trinajstić information content (AvgIpc) is 2.63. The molecule has 1 atom stereocenters. The van der Waals surface area contributed by atoms with E-state index in [1.165, 1.54) is 39.0 Å². The van der Waals surface area contributed by atoms with Gasteiger partial charge in [-0.15, -0.1) is 0 Å². The SMILES string of the molecule is C=C(C)C(c1ccccc1)c1ccc(C(C)C)c(-c2ccc(C)cc2)c1. The van der Waals surface area contributed by atoms with Crippen molar-refractivity contribution in [2.45, 2.75) is 39.5 Å². The molecule has 26 heavy (non-hydrogen) atoms. The molecule has 0 radical (unpaired) electrons. The Morgan fingerprint density at radius 2 is 1.46 bits per heavy atom. The number of hydrogen-bond donors (Lipinski definition) is 0.